The molecule has 4 aromatic rings. The number of allylic oxidation sites excluding steroid dienone is 8. The SMILES string of the molecule is O=C(O)CC1(CC2(CC(=O)O)C3=CCCC=C3c3nc4ccccc4cc32)C2=CCCC=C2c2nc3ccccc3cc21. The summed E-state index contributed by atoms with van der Waals surface area (Å²) in [5.74, 6) is -1.83. The lowest BCUT2D eigenvalue weighted by Gasteiger charge is -2.42. The van der Waals surface area contributed by atoms with Gasteiger partial charge in [0.05, 0.1) is 35.3 Å². The number of fused-ring (bicyclic) bond motifs is 8. The minimum atomic E-state index is -0.976. The number of hydrogen-bond acceptors (Lipinski definition) is 4. The number of aliphatic carboxylic acids is 2. The van der Waals surface area contributed by atoms with Gasteiger partial charge in [-0.3, -0.25) is 9.59 Å². The Morgan fingerprint density at radius 2 is 1.05 bits per heavy atom. The molecule has 0 spiro atoms. The van der Waals surface area contributed by atoms with E-state index in [9.17, 15) is 19.8 Å². The molecule has 212 valence electrons. The smallest absolute Gasteiger partial charge is 0.304 e. The number of carboxylic acid groups (broad SMARTS) is 2. The van der Waals surface area contributed by atoms with Crippen LogP contribution in [0, 0.1) is 0 Å². The molecular weight excluding hydrogens is 536 g/mol. The highest BCUT2D eigenvalue weighted by molar-refractivity contribution is 5.98. The molecule has 2 aromatic heterocycles. The van der Waals surface area contributed by atoms with Crippen molar-refractivity contribution in [1.29, 1.82) is 0 Å². The highest BCUT2D eigenvalue weighted by atomic mass is 16.4. The molecule has 0 saturated carbocycles. The van der Waals surface area contributed by atoms with Crippen molar-refractivity contribution in [2.24, 2.45) is 0 Å². The predicted molar refractivity (Wildman–Crippen MR) is 167 cm³/mol. The van der Waals surface area contributed by atoms with Crippen molar-refractivity contribution in [2.75, 3.05) is 0 Å². The van der Waals surface area contributed by atoms with E-state index in [0.29, 0.717) is 6.42 Å². The Morgan fingerprint density at radius 1 is 0.628 bits per heavy atom. The summed E-state index contributed by atoms with van der Waals surface area (Å²) in [5.41, 5.74) is 7.07. The van der Waals surface area contributed by atoms with Gasteiger partial charge in [0.1, 0.15) is 0 Å². The van der Waals surface area contributed by atoms with E-state index >= 15 is 0 Å². The summed E-state index contributed by atoms with van der Waals surface area (Å²) >= 11 is 0. The lowest BCUT2D eigenvalue weighted by atomic mass is 9.59. The molecule has 2 atom stereocenters. The Balaban J connectivity index is 1.45. The van der Waals surface area contributed by atoms with Gasteiger partial charge in [-0.1, -0.05) is 60.7 Å². The summed E-state index contributed by atoms with van der Waals surface area (Å²) < 4.78 is 0. The maximum atomic E-state index is 12.9. The van der Waals surface area contributed by atoms with Crippen LogP contribution in [0.2, 0.25) is 0 Å². The Morgan fingerprint density at radius 3 is 1.49 bits per heavy atom. The van der Waals surface area contributed by atoms with Gasteiger partial charge in [0.15, 0.2) is 0 Å². The minimum Gasteiger partial charge on any atom is -0.481 e. The van der Waals surface area contributed by atoms with Crippen LogP contribution in [0.15, 0.2) is 96.1 Å². The summed E-state index contributed by atoms with van der Waals surface area (Å²) in [6, 6.07) is 20.1. The molecular formula is C37H30N2O4. The van der Waals surface area contributed by atoms with Gasteiger partial charge in [0, 0.05) is 32.7 Å². The molecule has 2 aromatic carbocycles. The first kappa shape index (κ1) is 25.8. The third kappa shape index (κ3) is 3.72. The molecule has 0 bridgehead atoms. The van der Waals surface area contributed by atoms with E-state index in [4.69, 9.17) is 9.97 Å². The van der Waals surface area contributed by atoms with Gasteiger partial charge >= 0.3 is 11.9 Å². The van der Waals surface area contributed by atoms with Gasteiger partial charge in [-0.25, -0.2) is 9.97 Å². The Kier molecular flexibility index (Phi) is 5.61. The van der Waals surface area contributed by atoms with E-state index in [1.165, 1.54) is 0 Å². The number of hydrogen-bond donors (Lipinski definition) is 2. The van der Waals surface area contributed by atoms with E-state index in [1.807, 2.05) is 48.5 Å². The second-order valence-corrected chi connectivity index (χ2v) is 12.3. The molecule has 4 aliphatic carbocycles. The third-order valence-electron chi connectivity index (χ3n) is 9.84. The van der Waals surface area contributed by atoms with Crippen LogP contribution in [-0.4, -0.2) is 32.1 Å². The molecule has 2 N–H and O–H groups in total. The largest absolute Gasteiger partial charge is 0.481 e. The standard InChI is InChI=1S/C37H30N2O4/c40-32(41)19-36(26-13-5-3-11-24(26)34-28(36)17-22-9-1-7-15-30(22)38-34)21-37(20-33(42)43)27-14-6-4-12-25(27)35-29(37)18-23-10-2-8-16-31(23)39-35/h1-2,7-18H,3-6,19-21H2,(H,40,41)(H,42,43). The van der Waals surface area contributed by atoms with Gasteiger partial charge in [-0.05, 0) is 78.6 Å². The number of aromatic nitrogens is 2. The zero-order chi connectivity index (χ0) is 29.3. The second kappa shape index (κ2) is 9.33. The molecule has 2 unspecified atom stereocenters. The van der Waals surface area contributed by atoms with Crippen molar-refractivity contribution in [2.45, 2.75) is 55.8 Å². The number of nitrogens with zero attached hydrogens (tertiary/aromatic N) is 2. The first-order chi connectivity index (χ1) is 20.9. The molecule has 0 saturated heterocycles. The van der Waals surface area contributed by atoms with E-state index in [2.05, 4.69) is 36.4 Å². The molecule has 43 heavy (non-hydrogen) atoms. The fraction of sp³-hybridized carbons (Fsp3) is 0.243. The molecule has 4 aliphatic rings. The highest BCUT2D eigenvalue weighted by Gasteiger charge is 2.57. The number of carbonyl (C=O) groups is 2. The maximum Gasteiger partial charge on any atom is 0.304 e. The van der Waals surface area contributed by atoms with Crippen LogP contribution in [0.1, 0.15) is 67.5 Å². The van der Waals surface area contributed by atoms with Crippen LogP contribution < -0.4 is 0 Å². The Hall–Kier alpha value is -4.84. The van der Waals surface area contributed by atoms with E-state index in [-0.39, 0.29) is 12.8 Å². The Bertz CT molecular complexity index is 1890. The Labute approximate surface area is 248 Å². The monoisotopic (exact) mass is 566 g/mol. The second-order valence-electron chi connectivity index (χ2n) is 12.3. The van der Waals surface area contributed by atoms with Crippen LogP contribution in [0.3, 0.4) is 0 Å². The number of pyridine rings is 2. The topological polar surface area (TPSA) is 100 Å². The van der Waals surface area contributed by atoms with Gasteiger partial charge in [0.2, 0.25) is 0 Å². The van der Waals surface area contributed by atoms with Gasteiger partial charge in [0.25, 0.3) is 0 Å². The quantitative estimate of drug-likeness (QED) is 0.250. The molecule has 0 aliphatic heterocycles. The highest BCUT2D eigenvalue weighted by Crippen LogP contribution is 2.64. The zero-order valence-electron chi connectivity index (χ0n) is 23.6. The summed E-state index contributed by atoms with van der Waals surface area (Å²) in [6.45, 7) is 0. The lowest BCUT2D eigenvalue weighted by molar-refractivity contribution is -0.138. The molecule has 0 fully saturated rings. The zero-order valence-corrected chi connectivity index (χ0v) is 23.6. The van der Waals surface area contributed by atoms with Crippen LogP contribution in [0.4, 0.5) is 0 Å². The first-order valence-corrected chi connectivity index (χ1v) is 15.0. The summed E-state index contributed by atoms with van der Waals surface area (Å²) in [5, 5.41) is 23.0. The van der Waals surface area contributed by atoms with Gasteiger partial charge in [-0.15, -0.1) is 0 Å². The van der Waals surface area contributed by atoms with E-state index < -0.39 is 22.8 Å². The number of carboxylic acids is 2. The number of benzene rings is 2. The van der Waals surface area contributed by atoms with Crippen molar-refractivity contribution in [3.8, 4) is 0 Å². The van der Waals surface area contributed by atoms with Crippen LogP contribution >= 0.6 is 0 Å². The lowest BCUT2D eigenvalue weighted by Crippen LogP contribution is -2.41. The normalized spacial score (nSPS) is 23.4. The fourth-order valence-electron chi connectivity index (χ4n) is 8.29. The fourth-order valence-corrected chi connectivity index (χ4v) is 8.29. The maximum absolute atomic E-state index is 12.9. The molecule has 6 heteroatoms. The van der Waals surface area contributed by atoms with Crippen molar-refractivity contribution in [3.63, 3.8) is 0 Å². The van der Waals surface area contributed by atoms with Crippen molar-refractivity contribution in [3.05, 3.63) is 119 Å². The third-order valence-corrected chi connectivity index (χ3v) is 9.84. The van der Waals surface area contributed by atoms with Crippen molar-refractivity contribution in [1.82, 2.24) is 9.97 Å². The average molecular weight is 567 g/mol. The molecule has 8 rings (SSSR count). The summed E-state index contributed by atoms with van der Waals surface area (Å²) in [7, 11) is 0. The molecule has 0 amide bonds. The predicted octanol–water partition coefficient (Wildman–Crippen LogP) is 7.53. The van der Waals surface area contributed by atoms with E-state index in [0.717, 1.165) is 92.3 Å². The first-order valence-electron chi connectivity index (χ1n) is 15.0. The van der Waals surface area contributed by atoms with Gasteiger partial charge < -0.3 is 10.2 Å². The van der Waals surface area contributed by atoms with Crippen LogP contribution in [0.5, 0.6) is 0 Å². The van der Waals surface area contributed by atoms with Crippen molar-refractivity contribution < 1.29 is 19.8 Å². The van der Waals surface area contributed by atoms with Crippen LogP contribution in [0.25, 0.3) is 33.0 Å². The number of para-hydroxylation sites is 2. The number of rotatable bonds is 6. The molecule has 6 nitrogen and oxygen atoms in total. The summed E-state index contributed by atoms with van der Waals surface area (Å²) in [6.07, 6.45) is 12.0. The molecule has 2 heterocycles. The van der Waals surface area contributed by atoms with Gasteiger partial charge in [-0.2, -0.15) is 0 Å². The van der Waals surface area contributed by atoms with Crippen molar-refractivity contribution >= 4 is 44.9 Å². The summed E-state index contributed by atoms with van der Waals surface area (Å²) in [4.78, 5) is 36.0. The van der Waals surface area contributed by atoms with E-state index in [1.54, 1.807) is 0 Å². The minimum absolute atomic E-state index is 0.159. The average Bonchev–Trinajstić information content (AvgIpc) is 3.40. The van der Waals surface area contributed by atoms with Crippen LogP contribution in [-0.2, 0) is 20.4 Å². The molecule has 0 radical (unpaired) electrons.